The van der Waals surface area contributed by atoms with E-state index in [9.17, 15) is 9.90 Å². The van der Waals surface area contributed by atoms with Crippen LogP contribution in [0.4, 0.5) is 0 Å². The number of ether oxygens (including phenoxy) is 3. The summed E-state index contributed by atoms with van der Waals surface area (Å²) in [6.07, 6.45) is 6.49. The van der Waals surface area contributed by atoms with Gasteiger partial charge in [0.25, 0.3) is 0 Å². The summed E-state index contributed by atoms with van der Waals surface area (Å²) < 4.78 is 17.4. The maximum Gasteiger partial charge on any atom is 0.331 e. The third-order valence-corrected chi connectivity index (χ3v) is 5.20. The van der Waals surface area contributed by atoms with E-state index in [0.29, 0.717) is 25.0 Å². The lowest BCUT2D eigenvalue weighted by atomic mass is 9.85. The number of rotatable bonds is 4. The number of carbonyl (C=O) groups is 1. The molecule has 2 unspecified atom stereocenters. The SMILES string of the molecule is C=CC1O[C@](C)(C/C=C/C2OC(C)(C)C/C(=N\N)[C@@H]2O)CC2=CC(=O)O[C@@H]21. The average Bonchev–Trinajstić information content (AvgIpc) is 2.96. The summed E-state index contributed by atoms with van der Waals surface area (Å²) in [7, 11) is 0. The van der Waals surface area contributed by atoms with Crippen molar-refractivity contribution in [3.05, 3.63) is 36.5 Å². The second-order valence-corrected chi connectivity index (χ2v) is 8.24. The van der Waals surface area contributed by atoms with Crippen molar-refractivity contribution in [1.29, 1.82) is 0 Å². The summed E-state index contributed by atoms with van der Waals surface area (Å²) in [5.74, 6) is 5.07. The predicted octanol–water partition coefficient (Wildman–Crippen LogP) is 1.76. The first-order valence-electron chi connectivity index (χ1n) is 9.17. The fourth-order valence-corrected chi connectivity index (χ4v) is 3.98. The van der Waals surface area contributed by atoms with Gasteiger partial charge < -0.3 is 25.2 Å². The van der Waals surface area contributed by atoms with E-state index in [4.69, 9.17) is 20.1 Å². The Morgan fingerprint density at radius 2 is 2.07 bits per heavy atom. The molecule has 0 radical (unpaired) electrons. The number of esters is 1. The number of nitrogens with zero attached hydrogens (tertiary/aromatic N) is 1. The first kappa shape index (κ1) is 19.8. The van der Waals surface area contributed by atoms with E-state index in [2.05, 4.69) is 11.7 Å². The van der Waals surface area contributed by atoms with Gasteiger partial charge in [0.2, 0.25) is 0 Å². The van der Waals surface area contributed by atoms with Gasteiger partial charge >= 0.3 is 5.97 Å². The number of carbonyl (C=O) groups excluding carboxylic acids is 1. The van der Waals surface area contributed by atoms with E-state index in [1.807, 2.05) is 32.9 Å². The lowest BCUT2D eigenvalue weighted by Crippen LogP contribution is -2.49. The zero-order valence-corrected chi connectivity index (χ0v) is 16.1. The number of hydrazone groups is 1. The van der Waals surface area contributed by atoms with Crippen molar-refractivity contribution >= 4 is 11.7 Å². The van der Waals surface area contributed by atoms with Gasteiger partial charge in [-0.2, -0.15) is 5.10 Å². The standard InChI is InChI=1S/C20H28N2O5/c1-5-14-18-12(9-16(23)25-18)10-20(4,27-14)8-6-7-15-17(24)13(22-21)11-19(2,3)26-15/h5-7,9,14-15,17-18,24H,1,8,10-11,21H2,2-4H3/b7-6+,22-13+/t14?,15?,17-,18-,20+/m0/s1. The van der Waals surface area contributed by atoms with Gasteiger partial charge in [-0.05, 0) is 32.8 Å². The van der Waals surface area contributed by atoms with Gasteiger partial charge in [-0.25, -0.2) is 4.79 Å². The molecule has 3 rings (SSSR count). The van der Waals surface area contributed by atoms with Crippen molar-refractivity contribution < 1.29 is 24.1 Å². The Bertz CT molecular complexity index is 711. The fourth-order valence-electron chi connectivity index (χ4n) is 3.98. The van der Waals surface area contributed by atoms with Crippen LogP contribution in [0.25, 0.3) is 0 Å². The van der Waals surface area contributed by atoms with Crippen molar-refractivity contribution in [2.24, 2.45) is 10.9 Å². The van der Waals surface area contributed by atoms with Crippen molar-refractivity contribution in [3.63, 3.8) is 0 Å². The Labute approximate surface area is 159 Å². The molecule has 7 nitrogen and oxygen atoms in total. The van der Waals surface area contributed by atoms with Gasteiger partial charge in [0.05, 0.1) is 16.9 Å². The lowest BCUT2D eigenvalue weighted by molar-refractivity contribution is -0.157. The van der Waals surface area contributed by atoms with Gasteiger partial charge in [-0.3, -0.25) is 0 Å². The van der Waals surface area contributed by atoms with E-state index in [1.54, 1.807) is 12.2 Å². The summed E-state index contributed by atoms with van der Waals surface area (Å²) in [4.78, 5) is 11.6. The summed E-state index contributed by atoms with van der Waals surface area (Å²) in [5.41, 5.74) is 0.499. The Morgan fingerprint density at radius 3 is 2.74 bits per heavy atom. The molecule has 148 valence electrons. The molecule has 0 amide bonds. The highest BCUT2D eigenvalue weighted by Crippen LogP contribution is 2.39. The molecule has 2 fully saturated rings. The smallest absolute Gasteiger partial charge is 0.331 e. The van der Waals surface area contributed by atoms with E-state index >= 15 is 0 Å². The minimum atomic E-state index is -0.867. The molecule has 0 aromatic rings. The largest absolute Gasteiger partial charge is 0.452 e. The third-order valence-electron chi connectivity index (χ3n) is 5.20. The number of hydrogen-bond acceptors (Lipinski definition) is 7. The molecule has 0 bridgehead atoms. The minimum absolute atomic E-state index is 0.334. The minimum Gasteiger partial charge on any atom is -0.452 e. The van der Waals surface area contributed by atoms with Gasteiger partial charge in [-0.15, -0.1) is 6.58 Å². The monoisotopic (exact) mass is 376 g/mol. The summed E-state index contributed by atoms with van der Waals surface area (Å²) >= 11 is 0. The van der Waals surface area contributed by atoms with Crippen LogP contribution in [0.5, 0.6) is 0 Å². The molecule has 3 heterocycles. The van der Waals surface area contributed by atoms with Gasteiger partial charge in [0.15, 0.2) is 6.10 Å². The maximum atomic E-state index is 11.6. The molecular formula is C20H28N2O5. The van der Waals surface area contributed by atoms with Gasteiger partial charge in [-0.1, -0.05) is 18.2 Å². The second kappa shape index (κ2) is 7.22. The van der Waals surface area contributed by atoms with Crippen LogP contribution < -0.4 is 5.84 Å². The van der Waals surface area contributed by atoms with Crippen LogP contribution >= 0.6 is 0 Å². The molecule has 0 aliphatic carbocycles. The van der Waals surface area contributed by atoms with E-state index in [1.165, 1.54) is 0 Å². The Balaban J connectivity index is 1.70. The molecule has 7 heteroatoms. The van der Waals surface area contributed by atoms with Crippen LogP contribution in [0.15, 0.2) is 41.6 Å². The van der Waals surface area contributed by atoms with E-state index in [-0.39, 0.29) is 18.2 Å². The van der Waals surface area contributed by atoms with Crippen LogP contribution in [-0.4, -0.2) is 52.4 Å². The topological polar surface area (TPSA) is 103 Å². The number of aliphatic hydroxyl groups excluding tert-OH is 1. The average molecular weight is 376 g/mol. The highest BCUT2D eigenvalue weighted by atomic mass is 16.6. The highest BCUT2D eigenvalue weighted by Gasteiger charge is 2.44. The predicted molar refractivity (Wildman–Crippen MR) is 101 cm³/mol. The number of fused-ring (bicyclic) bond motifs is 1. The second-order valence-electron chi connectivity index (χ2n) is 8.24. The molecule has 0 spiro atoms. The summed E-state index contributed by atoms with van der Waals surface area (Å²) in [5, 5.41) is 14.1. The quantitative estimate of drug-likeness (QED) is 0.335. The van der Waals surface area contributed by atoms with E-state index < -0.39 is 23.4 Å². The zero-order chi connectivity index (χ0) is 19.8. The zero-order valence-electron chi connectivity index (χ0n) is 16.1. The Kier molecular flexibility index (Phi) is 5.29. The first-order chi connectivity index (χ1) is 12.7. The third kappa shape index (κ3) is 4.15. The number of nitrogens with two attached hydrogens (primary N) is 1. The fraction of sp³-hybridized carbons (Fsp3) is 0.600. The number of hydrogen-bond donors (Lipinski definition) is 2. The van der Waals surface area contributed by atoms with Gasteiger partial charge in [0.1, 0.15) is 18.3 Å². The van der Waals surface area contributed by atoms with Crippen LogP contribution in [0, 0.1) is 0 Å². The van der Waals surface area contributed by atoms with Crippen molar-refractivity contribution in [2.75, 3.05) is 0 Å². The normalized spacial score (nSPS) is 39.9. The van der Waals surface area contributed by atoms with E-state index in [0.717, 1.165) is 5.57 Å². The van der Waals surface area contributed by atoms with Crippen molar-refractivity contribution in [3.8, 4) is 0 Å². The van der Waals surface area contributed by atoms with Crippen LogP contribution in [0.3, 0.4) is 0 Å². The molecule has 3 N–H and O–H groups in total. The highest BCUT2D eigenvalue weighted by molar-refractivity contribution is 5.90. The van der Waals surface area contributed by atoms with Crippen LogP contribution in [0.2, 0.25) is 0 Å². The van der Waals surface area contributed by atoms with Crippen LogP contribution in [-0.2, 0) is 19.0 Å². The molecule has 27 heavy (non-hydrogen) atoms. The Hall–Kier alpha value is -1.96. The molecule has 0 aromatic carbocycles. The first-order valence-corrected chi connectivity index (χ1v) is 9.17. The number of aliphatic hydroxyl groups is 1. The molecule has 2 saturated heterocycles. The van der Waals surface area contributed by atoms with Crippen molar-refractivity contribution in [2.45, 2.75) is 75.7 Å². The molecular weight excluding hydrogens is 348 g/mol. The molecule has 3 aliphatic rings. The summed E-state index contributed by atoms with van der Waals surface area (Å²) in [6, 6.07) is 0. The van der Waals surface area contributed by atoms with Gasteiger partial charge in [0, 0.05) is 18.9 Å². The maximum absolute atomic E-state index is 11.6. The molecule has 0 aromatic heterocycles. The lowest BCUT2D eigenvalue weighted by Gasteiger charge is -2.41. The van der Waals surface area contributed by atoms with Crippen LogP contribution in [0.1, 0.15) is 40.0 Å². The molecule has 3 aliphatic heterocycles. The molecule has 5 atom stereocenters. The van der Waals surface area contributed by atoms with Crippen molar-refractivity contribution in [1.82, 2.24) is 0 Å². The Morgan fingerprint density at radius 1 is 1.33 bits per heavy atom. The molecule has 0 saturated carbocycles. The summed E-state index contributed by atoms with van der Waals surface area (Å²) in [6.45, 7) is 9.66.